The molecule has 0 aliphatic heterocycles. The van der Waals surface area contributed by atoms with Crippen LogP contribution in [0.15, 0.2) is 27.6 Å². The van der Waals surface area contributed by atoms with Crippen molar-refractivity contribution < 1.29 is 8.42 Å². The highest BCUT2D eigenvalue weighted by molar-refractivity contribution is 9.10. The predicted molar refractivity (Wildman–Crippen MR) is 75.5 cm³/mol. The number of likely N-dealkylation sites (N-methyl/N-ethyl adjacent to an activating group) is 1. The zero-order chi connectivity index (χ0) is 12.2. The summed E-state index contributed by atoms with van der Waals surface area (Å²) in [6.07, 6.45) is 0. The Kier molecular flexibility index (Phi) is 7.62. The molecule has 1 aromatic rings. The van der Waals surface area contributed by atoms with E-state index < -0.39 is 10.0 Å². The summed E-state index contributed by atoms with van der Waals surface area (Å²) >= 11 is 8.97. The Bertz CT molecular complexity index is 468. The molecule has 2 N–H and O–H groups in total. The van der Waals surface area contributed by atoms with Gasteiger partial charge in [-0.1, -0.05) is 11.6 Å². The molecule has 0 aliphatic rings. The minimum atomic E-state index is -3.45. The van der Waals surface area contributed by atoms with E-state index in [0.717, 1.165) is 0 Å². The molecule has 0 bridgehead atoms. The van der Waals surface area contributed by atoms with Gasteiger partial charge in [0.2, 0.25) is 10.0 Å². The van der Waals surface area contributed by atoms with Gasteiger partial charge in [-0.3, -0.25) is 0 Å². The summed E-state index contributed by atoms with van der Waals surface area (Å²) in [7, 11) is -1.69. The number of halogens is 3. The second-order valence-electron chi connectivity index (χ2n) is 3.08. The van der Waals surface area contributed by atoms with Crippen LogP contribution in [0, 0.1) is 0 Å². The number of rotatable bonds is 5. The third-order valence-corrected chi connectivity index (χ3v) is 4.54. The highest BCUT2D eigenvalue weighted by atomic mass is 79.9. The van der Waals surface area contributed by atoms with Crippen molar-refractivity contribution in [3.05, 3.63) is 27.7 Å². The molecule has 0 radical (unpaired) electrons. The van der Waals surface area contributed by atoms with E-state index in [1.807, 2.05) is 0 Å². The maximum absolute atomic E-state index is 11.8. The first kappa shape index (κ1) is 17.2. The molecule has 1 rings (SSSR count). The van der Waals surface area contributed by atoms with Crippen LogP contribution in [0.3, 0.4) is 0 Å². The Morgan fingerprint density at radius 3 is 2.53 bits per heavy atom. The van der Waals surface area contributed by atoms with Gasteiger partial charge in [0.25, 0.3) is 0 Å². The van der Waals surface area contributed by atoms with Crippen LogP contribution in [0.4, 0.5) is 0 Å². The van der Waals surface area contributed by atoms with E-state index in [4.69, 9.17) is 11.6 Å². The third-order valence-electron chi connectivity index (χ3n) is 1.87. The van der Waals surface area contributed by atoms with Crippen molar-refractivity contribution in [3.8, 4) is 0 Å². The normalized spacial score (nSPS) is 11.0. The lowest BCUT2D eigenvalue weighted by molar-refractivity contribution is 0.579. The van der Waals surface area contributed by atoms with Gasteiger partial charge < -0.3 is 5.32 Å². The number of nitrogens with one attached hydrogen (secondary N) is 2. The summed E-state index contributed by atoms with van der Waals surface area (Å²) < 4.78 is 26.6. The molecule has 0 spiro atoms. The molecule has 17 heavy (non-hydrogen) atoms. The Morgan fingerprint density at radius 1 is 1.35 bits per heavy atom. The smallest absolute Gasteiger partial charge is 0.240 e. The molecule has 0 amide bonds. The zero-order valence-corrected chi connectivity index (χ0v) is 13.0. The number of hydrogen-bond acceptors (Lipinski definition) is 3. The van der Waals surface area contributed by atoms with Crippen molar-refractivity contribution in [2.45, 2.75) is 4.90 Å². The van der Waals surface area contributed by atoms with Crippen LogP contribution >= 0.6 is 39.9 Å². The monoisotopic (exact) mass is 362 g/mol. The Labute approximate surface area is 121 Å². The first-order chi connectivity index (χ1) is 7.47. The molecule has 1 aromatic carbocycles. The van der Waals surface area contributed by atoms with Crippen LogP contribution in [0.25, 0.3) is 0 Å². The van der Waals surface area contributed by atoms with E-state index in [9.17, 15) is 8.42 Å². The first-order valence-electron chi connectivity index (χ1n) is 4.56. The molecule has 0 heterocycles. The lowest BCUT2D eigenvalue weighted by Gasteiger charge is -2.07. The van der Waals surface area contributed by atoms with E-state index >= 15 is 0 Å². The fourth-order valence-electron chi connectivity index (χ4n) is 1.04. The average Bonchev–Trinajstić information content (AvgIpc) is 2.22. The fraction of sp³-hybridized carbons (Fsp3) is 0.333. The van der Waals surface area contributed by atoms with Crippen LogP contribution in [-0.4, -0.2) is 28.6 Å². The van der Waals surface area contributed by atoms with Crippen molar-refractivity contribution in [2.75, 3.05) is 20.1 Å². The standard InChI is InChI=1S/C9H12BrClN2O2S.ClH/c1-12-4-5-13-16(14,15)7-2-3-9(11)8(10)6-7;/h2-3,6,12-13H,4-5H2,1H3;1H. The molecule has 0 aromatic heterocycles. The molecule has 0 aliphatic carbocycles. The van der Waals surface area contributed by atoms with Gasteiger partial charge in [0, 0.05) is 17.6 Å². The highest BCUT2D eigenvalue weighted by Gasteiger charge is 2.14. The van der Waals surface area contributed by atoms with E-state index in [2.05, 4.69) is 26.0 Å². The molecular weight excluding hydrogens is 351 g/mol. The Hall–Kier alpha value is 0.150. The average molecular weight is 364 g/mol. The van der Waals surface area contributed by atoms with E-state index in [1.54, 1.807) is 7.05 Å². The minimum absolute atomic E-state index is 0. The van der Waals surface area contributed by atoms with Gasteiger partial charge in [0.1, 0.15) is 0 Å². The minimum Gasteiger partial charge on any atom is -0.318 e. The van der Waals surface area contributed by atoms with E-state index in [0.29, 0.717) is 22.6 Å². The maximum atomic E-state index is 11.8. The largest absolute Gasteiger partial charge is 0.318 e. The SMILES string of the molecule is CNCCNS(=O)(=O)c1ccc(Cl)c(Br)c1.Cl. The van der Waals surface area contributed by atoms with Gasteiger partial charge in [-0.25, -0.2) is 13.1 Å². The van der Waals surface area contributed by atoms with Crippen LogP contribution in [0.5, 0.6) is 0 Å². The lowest BCUT2D eigenvalue weighted by Crippen LogP contribution is -2.30. The van der Waals surface area contributed by atoms with Gasteiger partial charge >= 0.3 is 0 Å². The molecule has 0 unspecified atom stereocenters. The molecular formula is C9H13BrCl2N2O2S. The highest BCUT2D eigenvalue weighted by Crippen LogP contribution is 2.25. The quantitative estimate of drug-likeness (QED) is 0.787. The van der Waals surface area contributed by atoms with Crippen LogP contribution in [0.1, 0.15) is 0 Å². The summed E-state index contributed by atoms with van der Waals surface area (Å²) in [5, 5.41) is 3.34. The third kappa shape index (κ3) is 5.11. The summed E-state index contributed by atoms with van der Waals surface area (Å²) in [6.45, 7) is 0.924. The second kappa shape index (κ2) is 7.56. The summed E-state index contributed by atoms with van der Waals surface area (Å²) in [4.78, 5) is 0.194. The summed E-state index contributed by atoms with van der Waals surface area (Å²) in [5.41, 5.74) is 0. The van der Waals surface area contributed by atoms with Crippen LogP contribution in [-0.2, 0) is 10.0 Å². The molecule has 0 fully saturated rings. The fourth-order valence-corrected chi connectivity index (χ4v) is 2.74. The number of hydrogen-bond donors (Lipinski definition) is 2. The Morgan fingerprint density at radius 2 is 2.00 bits per heavy atom. The van der Waals surface area contributed by atoms with Crippen molar-refractivity contribution in [2.24, 2.45) is 0 Å². The first-order valence-corrected chi connectivity index (χ1v) is 7.22. The Balaban J connectivity index is 0.00000256. The lowest BCUT2D eigenvalue weighted by atomic mass is 10.4. The molecule has 8 heteroatoms. The van der Waals surface area contributed by atoms with Crippen molar-refractivity contribution in [1.29, 1.82) is 0 Å². The van der Waals surface area contributed by atoms with Gasteiger partial charge in [-0.05, 0) is 41.2 Å². The summed E-state index contributed by atoms with van der Waals surface area (Å²) in [5.74, 6) is 0. The molecule has 0 saturated carbocycles. The number of sulfonamides is 1. The maximum Gasteiger partial charge on any atom is 0.240 e. The number of benzene rings is 1. The van der Waals surface area contributed by atoms with E-state index in [-0.39, 0.29) is 17.3 Å². The topological polar surface area (TPSA) is 58.2 Å². The van der Waals surface area contributed by atoms with Gasteiger partial charge in [-0.15, -0.1) is 12.4 Å². The van der Waals surface area contributed by atoms with Gasteiger partial charge in [-0.2, -0.15) is 0 Å². The summed E-state index contributed by atoms with van der Waals surface area (Å²) in [6, 6.07) is 4.48. The molecule has 0 saturated heterocycles. The van der Waals surface area contributed by atoms with Crippen molar-refractivity contribution in [1.82, 2.24) is 10.0 Å². The molecule has 4 nitrogen and oxygen atoms in total. The van der Waals surface area contributed by atoms with Gasteiger partial charge in [0.05, 0.1) is 9.92 Å². The van der Waals surface area contributed by atoms with Crippen LogP contribution in [0.2, 0.25) is 5.02 Å². The predicted octanol–water partition coefficient (Wildman–Crippen LogP) is 2.02. The van der Waals surface area contributed by atoms with E-state index in [1.165, 1.54) is 18.2 Å². The van der Waals surface area contributed by atoms with Gasteiger partial charge in [0.15, 0.2) is 0 Å². The zero-order valence-electron chi connectivity index (χ0n) is 9.04. The second-order valence-corrected chi connectivity index (χ2v) is 6.11. The van der Waals surface area contributed by atoms with Crippen molar-refractivity contribution in [3.63, 3.8) is 0 Å². The van der Waals surface area contributed by atoms with Crippen LogP contribution < -0.4 is 10.0 Å². The molecule has 98 valence electrons. The molecule has 0 atom stereocenters. The van der Waals surface area contributed by atoms with Crippen molar-refractivity contribution >= 4 is 50.0 Å².